The van der Waals surface area contributed by atoms with Gasteiger partial charge >= 0.3 is 5.97 Å². The van der Waals surface area contributed by atoms with Crippen molar-refractivity contribution in [3.63, 3.8) is 0 Å². The Hall–Kier alpha value is -1.84. The summed E-state index contributed by atoms with van der Waals surface area (Å²) in [5.74, 6) is -1.57. The molecule has 0 unspecified atom stereocenters. The summed E-state index contributed by atoms with van der Waals surface area (Å²) >= 11 is 0. The van der Waals surface area contributed by atoms with E-state index in [1.807, 2.05) is 25.1 Å². The molecule has 0 bridgehead atoms. The van der Waals surface area contributed by atoms with Crippen LogP contribution in [-0.2, 0) is 4.79 Å². The second-order valence-electron chi connectivity index (χ2n) is 4.31. The fraction of sp³-hybridized carbons (Fsp3) is 0.385. The summed E-state index contributed by atoms with van der Waals surface area (Å²) in [7, 11) is 3.79. The summed E-state index contributed by atoms with van der Waals surface area (Å²) in [6.07, 6.45) is -0.134. The largest absolute Gasteiger partial charge is 0.481 e. The first-order valence-corrected chi connectivity index (χ1v) is 5.45. The third kappa shape index (κ3) is 3.59. The molecule has 92 valence electrons. The van der Waals surface area contributed by atoms with Crippen LogP contribution >= 0.6 is 0 Å². The van der Waals surface area contributed by atoms with E-state index < -0.39 is 11.9 Å². The van der Waals surface area contributed by atoms with E-state index in [4.69, 9.17) is 5.11 Å². The average molecular weight is 235 g/mol. The number of benzene rings is 1. The predicted molar refractivity (Wildman–Crippen MR) is 66.5 cm³/mol. The number of aliphatic carboxylic acids is 1. The van der Waals surface area contributed by atoms with E-state index >= 15 is 0 Å². The minimum Gasteiger partial charge on any atom is -0.481 e. The normalized spacial score (nSPS) is 11.9. The fourth-order valence-electron chi connectivity index (χ4n) is 1.58. The van der Waals surface area contributed by atoms with Crippen molar-refractivity contribution in [2.75, 3.05) is 19.0 Å². The van der Waals surface area contributed by atoms with E-state index in [0.717, 1.165) is 5.69 Å². The highest BCUT2D eigenvalue weighted by molar-refractivity contribution is 5.99. The third-order valence-electron chi connectivity index (χ3n) is 2.58. The molecule has 4 nitrogen and oxygen atoms in total. The summed E-state index contributed by atoms with van der Waals surface area (Å²) in [6.45, 7) is 1.64. The molecule has 17 heavy (non-hydrogen) atoms. The van der Waals surface area contributed by atoms with Gasteiger partial charge in [-0.2, -0.15) is 0 Å². The van der Waals surface area contributed by atoms with Gasteiger partial charge in [0.15, 0.2) is 5.78 Å². The molecule has 4 heteroatoms. The number of hydrogen-bond acceptors (Lipinski definition) is 3. The number of carboxylic acid groups (broad SMARTS) is 1. The van der Waals surface area contributed by atoms with Gasteiger partial charge in [-0.3, -0.25) is 9.59 Å². The van der Waals surface area contributed by atoms with Crippen LogP contribution in [0.25, 0.3) is 0 Å². The number of carbonyl (C=O) groups is 2. The van der Waals surface area contributed by atoms with Crippen LogP contribution in [0, 0.1) is 5.92 Å². The molecular formula is C13H17NO3. The first-order chi connectivity index (χ1) is 7.91. The molecule has 0 saturated carbocycles. The first kappa shape index (κ1) is 13.2. The van der Waals surface area contributed by atoms with E-state index in [9.17, 15) is 9.59 Å². The Morgan fingerprint density at radius 1 is 1.35 bits per heavy atom. The quantitative estimate of drug-likeness (QED) is 0.793. The number of nitrogens with zero attached hydrogens (tertiary/aromatic N) is 1. The van der Waals surface area contributed by atoms with Gasteiger partial charge in [0.1, 0.15) is 0 Å². The Kier molecular flexibility index (Phi) is 4.26. The number of Topliss-reactive ketones (excluding diaryl/α,β-unsaturated/α-hetero) is 1. The maximum Gasteiger partial charge on any atom is 0.304 e. The monoisotopic (exact) mass is 235 g/mol. The molecular weight excluding hydrogens is 218 g/mol. The summed E-state index contributed by atoms with van der Waals surface area (Å²) in [5.41, 5.74) is 1.49. The standard InChI is InChI=1S/C13H17NO3/c1-9(7-12(15)16)13(17)10-5-4-6-11(8-10)14(2)3/h4-6,8-9H,7H2,1-3H3,(H,15,16)/t9-/m0/s1. The van der Waals surface area contributed by atoms with Crippen molar-refractivity contribution in [2.45, 2.75) is 13.3 Å². The van der Waals surface area contributed by atoms with Gasteiger partial charge in [-0.15, -0.1) is 0 Å². The van der Waals surface area contributed by atoms with Crippen LogP contribution in [0.15, 0.2) is 24.3 Å². The fourth-order valence-corrected chi connectivity index (χ4v) is 1.58. The highest BCUT2D eigenvalue weighted by Gasteiger charge is 2.18. The van der Waals surface area contributed by atoms with Crippen molar-refractivity contribution in [2.24, 2.45) is 5.92 Å². The summed E-state index contributed by atoms with van der Waals surface area (Å²) in [5, 5.41) is 8.66. The molecule has 0 spiro atoms. The topological polar surface area (TPSA) is 57.6 Å². The third-order valence-corrected chi connectivity index (χ3v) is 2.58. The second-order valence-corrected chi connectivity index (χ2v) is 4.31. The van der Waals surface area contributed by atoms with Crippen molar-refractivity contribution in [1.82, 2.24) is 0 Å². The van der Waals surface area contributed by atoms with Crippen LogP contribution in [-0.4, -0.2) is 31.0 Å². The number of hydrogen-bond donors (Lipinski definition) is 1. The van der Waals surface area contributed by atoms with Gasteiger partial charge < -0.3 is 10.0 Å². The number of carbonyl (C=O) groups excluding carboxylic acids is 1. The Bertz CT molecular complexity index is 426. The zero-order chi connectivity index (χ0) is 13.0. The molecule has 0 radical (unpaired) electrons. The molecule has 0 amide bonds. The van der Waals surface area contributed by atoms with E-state index in [0.29, 0.717) is 5.56 Å². The maximum atomic E-state index is 12.0. The molecule has 0 aromatic heterocycles. The van der Waals surface area contributed by atoms with Crippen molar-refractivity contribution in [1.29, 1.82) is 0 Å². The zero-order valence-corrected chi connectivity index (χ0v) is 10.3. The van der Waals surface area contributed by atoms with Gasteiger partial charge in [-0.05, 0) is 12.1 Å². The molecule has 0 saturated heterocycles. The summed E-state index contributed by atoms with van der Waals surface area (Å²) in [6, 6.07) is 7.20. The molecule has 0 aliphatic rings. The smallest absolute Gasteiger partial charge is 0.304 e. The van der Waals surface area contributed by atoms with Crippen LogP contribution in [0.3, 0.4) is 0 Å². The molecule has 1 atom stereocenters. The molecule has 1 N–H and O–H groups in total. The Labute approximate surface area is 101 Å². The number of carboxylic acids is 1. The van der Waals surface area contributed by atoms with Gasteiger partial charge in [0, 0.05) is 31.3 Å². The lowest BCUT2D eigenvalue weighted by Gasteiger charge is -2.14. The SMILES string of the molecule is C[C@@H](CC(=O)O)C(=O)c1cccc(N(C)C)c1. The minimum absolute atomic E-state index is 0.129. The lowest BCUT2D eigenvalue weighted by molar-refractivity contribution is -0.137. The van der Waals surface area contributed by atoms with E-state index in [2.05, 4.69) is 0 Å². The van der Waals surface area contributed by atoms with Gasteiger partial charge in [0.05, 0.1) is 6.42 Å². The van der Waals surface area contributed by atoms with E-state index in [1.54, 1.807) is 25.1 Å². The lowest BCUT2D eigenvalue weighted by atomic mass is 9.96. The first-order valence-electron chi connectivity index (χ1n) is 5.45. The number of ketones is 1. The second kappa shape index (κ2) is 5.48. The van der Waals surface area contributed by atoms with E-state index in [1.165, 1.54) is 0 Å². The molecule has 0 aliphatic carbocycles. The molecule has 1 aromatic carbocycles. The van der Waals surface area contributed by atoms with Crippen molar-refractivity contribution in [3.8, 4) is 0 Å². The summed E-state index contributed by atoms with van der Waals surface area (Å²) in [4.78, 5) is 24.4. The van der Waals surface area contributed by atoms with Crippen LogP contribution < -0.4 is 4.90 Å². The van der Waals surface area contributed by atoms with Gasteiger partial charge in [-0.1, -0.05) is 19.1 Å². The Balaban J connectivity index is 2.88. The lowest BCUT2D eigenvalue weighted by Crippen LogP contribution is -2.16. The molecule has 0 fully saturated rings. The van der Waals surface area contributed by atoms with Gasteiger partial charge in [0.2, 0.25) is 0 Å². The number of anilines is 1. The van der Waals surface area contributed by atoms with E-state index in [-0.39, 0.29) is 12.2 Å². The minimum atomic E-state index is -0.949. The van der Waals surface area contributed by atoms with Crippen LogP contribution in [0.5, 0.6) is 0 Å². The van der Waals surface area contributed by atoms with Crippen molar-refractivity contribution < 1.29 is 14.7 Å². The van der Waals surface area contributed by atoms with Crippen molar-refractivity contribution >= 4 is 17.4 Å². The molecule has 1 rings (SSSR count). The molecule has 0 aliphatic heterocycles. The highest BCUT2D eigenvalue weighted by Crippen LogP contribution is 2.17. The average Bonchev–Trinajstić information content (AvgIpc) is 2.27. The predicted octanol–water partition coefficient (Wildman–Crippen LogP) is 2.05. The highest BCUT2D eigenvalue weighted by atomic mass is 16.4. The summed E-state index contributed by atoms with van der Waals surface area (Å²) < 4.78 is 0. The van der Waals surface area contributed by atoms with Gasteiger partial charge in [0.25, 0.3) is 0 Å². The van der Waals surface area contributed by atoms with Crippen molar-refractivity contribution in [3.05, 3.63) is 29.8 Å². The zero-order valence-electron chi connectivity index (χ0n) is 10.3. The molecule has 0 heterocycles. The number of rotatable bonds is 5. The molecule has 1 aromatic rings. The van der Waals surface area contributed by atoms with Crippen LogP contribution in [0.2, 0.25) is 0 Å². The Morgan fingerprint density at radius 2 is 2.00 bits per heavy atom. The van der Waals surface area contributed by atoms with Crippen LogP contribution in [0.4, 0.5) is 5.69 Å². The Morgan fingerprint density at radius 3 is 2.53 bits per heavy atom. The van der Waals surface area contributed by atoms with Crippen LogP contribution in [0.1, 0.15) is 23.7 Å². The van der Waals surface area contributed by atoms with Gasteiger partial charge in [-0.25, -0.2) is 0 Å². The maximum absolute atomic E-state index is 12.0.